The van der Waals surface area contributed by atoms with Crippen LogP contribution in [0.25, 0.3) is 27.7 Å². The topological polar surface area (TPSA) is 91.3 Å². The van der Waals surface area contributed by atoms with E-state index in [1.165, 1.54) is 4.40 Å². The molecule has 1 aliphatic heterocycles. The highest BCUT2D eigenvalue weighted by atomic mass is 32.1. The number of nitrogens with one attached hydrogen (secondary N) is 3. The summed E-state index contributed by atoms with van der Waals surface area (Å²) in [6.45, 7) is 1.76. The van der Waals surface area contributed by atoms with Crippen LogP contribution in [0.3, 0.4) is 0 Å². The van der Waals surface area contributed by atoms with Crippen molar-refractivity contribution in [3.63, 3.8) is 0 Å². The highest BCUT2D eigenvalue weighted by Crippen LogP contribution is 2.28. The third kappa shape index (κ3) is 2.90. The minimum Gasteiger partial charge on any atom is -0.348 e. The smallest absolute Gasteiger partial charge is 0.348 e. The summed E-state index contributed by atoms with van der Waals surface area (Å²) in [5.74, 6) is -0.139. The predicted octanol–water partition coefficient (Wildman–Crippen LogP) is 2.39. The van der Waals surface area contributed by atoms with Crippen molar-refractivity contribution in [1.29, 1.82) is 0 Å². The first-order valence-electron chi connectivity index (χ1n) is 9.29. The van der Waals surface area contributed by atoms with Gasteiger partial charge in [-0.2, -0.15) is 16.4 Å². The molecule has 0 spiro atoms. The Morgan fingerprint density at radius 3 is 2.96 bits per heavy atom. The molecule has 3 N–H and O–H groups in total. The van der Waals surface area contributed by atoms with Crippen LogP contribution in [0.5, 0.6) is 0 Å². The molecule has 0 saturated carbocycles. The standard InChI is InChI=1S/C20H19N5O2S/c26-19(22-14-2-1-6-21-10-14)16-9-18-23-24-20(27)25(18)17-8-12(3-4-15(16)17)13-5-7-28-11-13/h3-5,7-9,11,14,21H,1-2,6,10H2,(H,22,26)(H,24,27)/t14-/m0/s1. The molecule has 1 saturated heterocycles. The number of rotatable bonds is 3. The number of aromatic nitrogens is 3. The monoisotopic (exact) mass is 393 g/mol. The number of carbonyl (C=O) groups excluding carboxylic acids is 1. The van der Waals surface area contributed by atoms with Crippen molar-refractivity contribution in [2.75, 3.05) is 13.1 Å². The fourth-order valence-corrected chi connectivity index (χ4v) is 4.49. The van der Waals surface area contributed by atoms with Gasteiger partial charge >= 0.3 is 5.69 Å². The lowest BCUT2D eigenvalue weighted by Crippen LogP contribution is -2.45. The molecule has 1 aromatic carbocycles. The van der Waals surface area contributed by atoms with Gasteiger partial charge in [0.15, 0.2) is 5.65 Å². The molecule has 28 heavy (non-hydrogen) atoms. The number of hydrogen-bond acceptors (Lipinski definition) is 5. The Balaban J connectivity index is 1.66. The van der Waals surface area contributed by atoms with Crippen molar-refractivity contribution in [2.24, 2.45) is 0 Å². The van der Waals surface area contributed by atoms with Gasteiger partial charge in [0.1, 0.15) is 0 Å². The molecule has 3 aromatic heterocycles. The van der Waals surface area contributed by atoms with Crippen LogP contribution >= 0.6 is 11.3 Å². The molecule has 1 atom stereocenters. The van der Waals surface area contributed by atoms with Gasteiger partial charge < -0.3 is 10.6 Å². The van der Waals surface area contributed by atoms with Crippen LogP contribution in [0.1, 0.15) is 23.2 Å². The number of fused-ring (bicyclic) bond motifs is 3. The summed E-state index contributed by atoms with van der Waals surface area (Å²) in [5.41, 5.74) is 3.41. The zero-order valence-corrected chi connectivity index (χ0v) is 15.9. The summed E-state index contributed by atoms with van der Waals surface area (Å²) in [5, 5.41) is 17.8. The number of carbonyl (C=O) groups is 1. The lowest BCUT2D eigenvalue weighted by Gasteiger charge is -2.24. The molecule has 0 bridgehead atoms. The average molecular weight is 393 g/mol. The fourth-order valence-electron chi connectivity index (χ4n) is 3.82. The number of amides is 1. The van der Waals surface area contributed by atoms with E-state index in [1.54, 1.807) is 17.4 Å². The van der Waals surface area contributed by atoms with Crippen LogP contribution in [-0.2, 0) is 0 Å². The molecule has 7 nitrogen and oxygen atoms in total. The van der Waals surface area contributed by atoms with E-state index < -0.39 is 0 Å². The van der Waals surface area contributed by atoms with Crippen molar-refractivity contribution in [3.05, 3.63) is 57.1 Å². The van der Waals surface area contributed by atoms with Crippen LogP contribution < -0.4 is 16.3 Å². The lowest BCUT2D eigenvalue weighted by atomic mass is 10.0. The Morgan fingerprint density at radius 2 is 2.18 bits per heavy atom. The Kier molecular flexibility index (Phi) is 4.22. The van der Waals surface area contributed by atoms with Gasteiger partial charge in [-0.05, 0) is 59.5 Å². The van der Waals surface area contributed by atoms with Crippen LogP contribution in [-0.4, -0.2) is 39.6 Å². The second-order valence-corrected chi connectivity index (χ2v) is 7.82. The van der Waals surface area contributed by atoms with E-state index in [4.69, 9.17) is 0 Å². The van der Waals surface area contributed by atoms with Crippen LogP contribution in [0.4, 0.5) is 0 Å². The molecule has 0 unspecified atom stereocenters. The molecular weight excluding hydrogens is 374 g/mol. The molecule has 8 heteroatoms. The largest absolute Gasteiger partial charge is 0.348 e. The normalized spacial score (nSPS) is 17.2. The Labute approximate surface area is 164 Å². The molecule has 142 valence electrons. The van der Waals surface area contributed by atoms with Crippen molar-refractivity contribution in [1.82, 2.24) is 25.2 Å². The van der Waals surface area contributed by atoms with Crippen molar-refractivity contribution < 1.29 is 4.79 Å². The van der Waals surface area contributed by atoms with E-state index in [0.29, 0.717) is 16.7 Å². The summed E-state index contributed by atoms with van der Waals surface area (Å²) >= 11 is 1.62. The van der Waals surface area contributed by atoms with Gasteiger partial charge in [0.05, 0.1) is 11.1 Å². The molecule has 4 aromatic rings. The molecule has 0 radical (unpaired) electrons. The number of H-pyrrole nitrogens is 1. The molecule has 1 amide bonds. The maximum atomic E-state index is 13.0. The SMILES string of the molecule is O=C(N[C@H]1CCCNC1)c1cc2n[nH]c(=O)n2c2cc(-c3ccsc3)ccc12. The zero-order valence-electron chi connectivity index (χ0n) is 15.1. The second kappa shape index (κ2) is 6.88. The molecule has 5 rings (SSSR count). The van der Waals surface area contributed by atoms with Gasteiger partial charge in [-0.3, -0.25) is 4.79 Å². The summed E-state index contributed by atoms with van der Waals surface area (Å²) in [7, 11) is 0. The van der Waals surface area contributed by atoms with E-state index in [0.717, 1.165) is 42.4 Å². The Hall–Kier alpha value is -2.97. The van der Waals surface area contributed by atoms with Gasteiger partial charge in [-0.25, -0.2) is 14.3 Å². The summed E-state index contributed by atoms with van der Waals surface area (Å²) in [6.07, 6.45) is 2.01. The number of nitrogens with zero attached hydrogens (tertiary/aromatic N) is 2. The molecule has 0 aliphatic carbocycles. The second-order valence-electron chi connectivity index (χ2n) is 7.04. The van der Waals surface area contributed by atoms with Crippen LogP contribution in [0.2, 0.25) is 0 Å². The maximum absolute atomic E-state index is 13.0. The Morgan fingerprint density at radius 1 is 1.25 bits per heavy atom. The van der Waals surface area contributed by atoms with Crippen LogP contribution in [0, 0.1) is 0 Å². The van der Waals surface area contributed by atoms with Gasteiger partial charge in [-0.1, -0.05) is 12.1 Å². The third-order valence-corrected chi connectivity index (χ3v) is 5.91. The summed E-state index contributed by atoms with van der Waals surface area (Å²) in [4.78, 5) is 25.4. The first-order valence-corrected chi connectivity index (χ1v) is 10.2. The predicted molar refractivity (Wildman–Crippen MR) is 110 cm³/mol. The van der Waals surface area contributed by atoms with Gasteiger partial charge in [0.25, 0.3) is 5.91 Å². The van der Waals surface area contributed by atoms with E-state index in [2.05, 4.69) is 26.2 Å². The number of aromatic amines is 1. The van der Waals surface area contributed by atoms with Gasteiger partial charge in [0.2, 0.25) is 0 Å². The number of hydrogen-bond donors (Lipinski definition) is 3. The summed E-state index contributed by atoms with van der Waals surface area (Å²) < 4.78 is 1.52. The summed E-state index contributed by atoms with van der Waals surface area (Å²) in [6, 6.07) is 9.67. The van der Waals surface area contributed by atoms with E-state index in [9.17, 15) is 9.59 Å². The van der Waals surface area contributed by atoms with E-state index in [1.807, 2.05) is 29.6 Å². The lowest BCUT2D eigenvalue weighted by molar-refractivity contribution is 0.0932. The molecular formula is C20H19N5O2S. The van der Waals surface area contributed by atoms with Crippen molar-refractivity contribution >= 4 is 33.8 Å². The number of benzene rings is 1. The molecule has 1 aliphatic rings. The fraction of sp³-hybridized carbons (Fsp3) is 0.250. The zero-order chi connectivity index (χ0) is 19.1. The van der Waals surface area contributed by atoms with Crippen molar-refractivity contribution in [3.8, 4) is 11.1 Å². The molecule has 4 heterocycles. The van der Waals surface area contributed by atoms with E-state index >= 15 is 0 Å². The maximum Gasteiger partial charge on any atom is 0.348 e. The highest BCUT2D eigenvalue weighted by molar-refractivity contribution is 7.08. The first kappa shape index (κ1) is 17.2. The highest BCUT2D eigenvalue weighted by Gasteiger charge is 2.20. The Bertz CT molecular complexity index is 1220. The number of thiophene rings is 1. The number of pyridine rings is 1. The van der Waals surface area contributed by atoms with Gasteiger partial charge in [-0.15, -0.1) is 0 Å². The number of piperidine rings is 1. The van der Waals surface area contributed by atoms with E-state index in [-0.39, 0.29) is 17.6 Å². The minimum absolute atomic E-state index is 0.110. The van der Waals surface area contributed by atoms with Crippen LogP contribution in [0.15, 0.2) is 45.9 Å². The third-order valence-electron chi connectivity index (χ3n) is 5.23. The average Bonchev–Trinajstić information content (AvgIpc) is 3.38. The van der Waals surface area contributed by atoms with Gasteiger partial charge in [0, 0.05) is 18.0 Å². The van der Waals surface area contributed by atoms with Crippen molar-refractivity contribution in [2.45, 2.75) is 18.9 Å². The quantitative estimate of drug-likeness (QED) is 0.498. The molecule has 1 fully saturated rings. The minimum atomic E-state index is -0.314. The first-order chi connectivity index (χ1) is 13.7.